The number of hydrogen-bond donors (Lipinski definition) is 1. The third-order valence-corrected chi connectivity index (χ3v) is 5.96. The Hall–Kier alpha value is -2.08. The molecular weight excluding hydrogens is 431 g/mol. The molecule has 5 nitrogen and oxygen atoms in total. The molecule has 1 N–H and O–H groups in total. The van der Waals surface area contributed by atoms with E-state index >= 15 is 0 Å². The minimum atomic E-state index is -0.279. The molecule has 1 amide bonds. The van der Waals surface area contributed by atoms with Gasteiger partial charge in [-0.25, -0.2) is 9.67 Å². The zero-order valence-electron chi connectivity index (χ0n) is 15.5. The fraction of sp³-hybridized carbons (Fsp3) is 0.286. The molecule has 0 aliphatic heterocycles. The van der Waals surface area contributed by atoms with E-state index in [-0.39, 0.29) is 17.8 Å². The molecule has 150 valence electrons. The van der Waals surface area contributed by atoms with Crippen molar-refractivity contribution in [3.63, 3.8) is 0 Å². The van der Waals surface area contributed by atoms with Gasteiger partial charge in [-0.2, -0.15) is 0 Å². The predicted octanol–water partition coefficient (Wildman–Crippen LogP) is 5.96. The van der Waals surface area contributed by atoms with Crippen LogP contribution in [0, 0.1) is 0 Å². The van der Waals surface area contributed by atoms with Crippen LogP contribution in [0.4, 0.5) is 0 Å². The van der Waals surface area contributed by atoms with Gasteiger partial charge in [0.05, 0.1) is 15.7 Å². The minimum Gasteiger partial charge on any atom is -0.347 e. The second-order valence-corrected chi connectivity index (χ2v) is 8.34. The van der Waals surface area contributed by atoms with Crippen molar-refractivity contribution in [2.75, 3.05) is 0 Å². The van der Waals surface area contributed by atoms with Gasteiger partial charge in [-0.3, -0.25) is 4.79 Å². The average Bonchev–Trinajstić information content (AvgIpc) is 3.16. The Bertz CT molecular complexity index is 1040. The number of benzene rings is 2. The number of amides is 1. The molecule has 0 saturated heterocycles. The first-order chi connectivity index (χ1) is 14.0. The molecule has 1 aliphatic rings. The van der Waals surface area contributed by atoms with Gasteiger partial charge in [-0.05, 0) is 43.2 Å². The Balaban J connectivity index is 1.73. The van der Waals surface area contributed by atoms with Crippen LogP contribution in [0.15, 0.2) is 42.5 Å². The molecule has 0 spiro atoms. The second kappa shape index (κ2) is 8.74. The molecule has 1 aromatic heterocycles. The van der Waals surface area contributed by atoms with Crippen LogP contribution in [0.3, 0.4) is 0 Å². The van der Waals surface area contributed by atoms with Gasteiger partial charge in [0.2, 0.25) is 5.82 Å². The molecule has 0 radical (unpaired) electrons. The summed E-state index contributed by atoms with van der Waals surface area (Å²) in [6.45, 7) is 0. The smallest absolute Gasteiger partial charge is 0.291 e. The summed E-state index contributed by atoms with van der Waals surface area (Å²) in [5.41, 5.74) is 1.39. The average molecular weight is 450 g/mol. The Morgan fingerprint density at radius 1 is 1.00 bits per heavy atom. The highest BCUT2D eigenvalue weighted by atomic mass is 35.5. The quantitative estimate of drug-likeness (QED) is 0.535. The third-order valence-electron chi connectivity index (χ3n) is 4.98. The minimum absolute atomic E-state index is 0.108. The van der Waals surface area contributed by atoms with Gasteiger partial charge in [0, 0.05) is 16.6 Å². The Kier molecular flexibility index (Phi) is 6.09. The monoisotopic (exact) mass is 448 g/mol. The van der Waals surface area contributed by atoms with Gasteiger partial charge in [0.25, 0.3) is 5.91 Å². The van der Waals surface area contributed by atoms with Crippen molar-refractivity contribution in [1.29, 1.82) is 0 Å². The highest BCUT2D eigenvalue weighted by molar-refractivity contribution is 6.42. The SMILES string of the molecule is O=C(NC1CCCCC1)c1nc(-c2cccc(Cl)c2)n(-c2ccc(Cl)c(Cl)c2)n1. The van der Waals surface area contributed by atoms with Gasteiger partial charge in [-0.1, -0.05) is 66.2 Å². The van der Waals surface area contributed by atoms with Gasteiger partial charge < -0.3 is 5.32 Å². The van der Waals surface area contributed by atoms with Crippen molar-refractivity contribution in [2.24, 2.45) is 0 Å². The molecule has 0 atom stereocenters. The summed E-state index contributed by atoms with van der Waals surface area (Å²) in [6, 6.07) is 12.6. The number of hydrogen-bond acceptors (Lipinski definition) is 3. The molecule has 4 rings (SSSR count). The summed E-state index contributed by atoms with van der Waals surface area (Å²) >= 11 is 18.4. The van der Waals surface area contributed by atoms with E-state index < -0.39 is 0 Å². The first kappa shape index (κ1) is 20.2. The molecule has 1 saturated carbocycles. The molecule has 2 aromatic carbocycles. The maximum atomic E-state index is 12.8. The summed E-state index contributed by atoms with van der Waals surface area (Å²) < 4.78 is 1.59. The third kappa shape index (κ3) is 4.58. The number of carbonyl (C=O) groups excluding carboxylic acids is 1. The fourth-order valence-corrected chi connectivity index (χ4v) is 4.00. The Morgan fingerprint density at radius 3 is 2.52 bits per heavy atom. The van der Waals surface area contributed by atoms with E-state index in [0.29, 0.717) is 26.6 Å². The zero-order chi connectivity index (χ0) is 20.4. The number of halogens is 3. The highest BCUT2D eigenvalue weighted by Gasteiger charge is 2.22. The van der Waals surface area contributed by atoms with Gasteiger partial charge >= 0.3 is 0 Å². The van der Waals surface area contributed by atoms with Crippen molar-refractivity contribution in [3.05, 3.63) is 63.4 Å². The van der Waals surface area contributed by atoms with E-state index in [9.17, 15) is 4.79 Å². The van der Waals surface area contributed by atoms with Crippen LogP contribution < -0.4 is 5.32 Å². The zero-order valence-corrected chi connectivity index (χ0v) is 17.8. The molecule has 0 bridgehead atoms. The molecule has 1 fully saturated rings. The standard InChI is InChI=1S/C21H19Cl3N4O/c22-14-6-4-5-13(11-14)20-26-19(21(29)25-15-7-2-1-3-8-15)27-28(20)16-9-10-17(23)18(24)12-16/h4-6,9-12,15H,1-3,7-8H2,(H,25,29). The van der Waals surface area contributed by atoms with Crippen molar-refractivity contribution < 1.29 is 4.79 Å². The lowest BCUT2D eigenvalue weighted by molar-refractivity contribution is 0.0917. The van der Waals surface area contributed by atoms with Crippen LogP contribution in [-0.2, 0) is 0 Å². The van der Waals surface area contributed by atoms with Crippen LogP contribution in [0.1, 0.15) is 42.7 Å². The molecular formula is C21H19Cl3N4O. The van der Waals surface area contributed by atoms with E-state index in [0.717, 1.165) is 31.2 Å². The van der Waals surface area contributed by atoms with E-state index in [1.165, 1.54) is 6.42 Å². The lowest BCUT2D eigenvalue weighted by atomic mass is 9.95. The summed E-state index contributed by atoms with van der Waals surface area (Å²) in [5, 5.41) is 8.93. The van der Waals surface area contributed by atoms with E-state index in [2.05, 4.69) is 15.4 Å². The van der Waals surface area contributed by atoms with Crippen LogP contribution in [-0.4, -0.2) is 26.7 Å². The van der Waals surface area contributed by atoms with Crippen LogP contribution in [0.5, 0.6) is 0 Å². The van der Waals surface area contributed by atoms with E-state index in [1.54, 1.807) is 35.0 Å². The highest BCUT2D eigenvalue weighted by Crippen LogP contribution is 2.28. The maximum absolute atomic E-state index is 12.8. The second-order valence-electron chi connectivity index (χ2n) is 7.09. The Labute approximate surface area is 184 Å². The summed E-state index contributed by atoms with van der Waals surface area (Å²) in [4.78, 5) is 17.3. The molecule has 29 heavy (non-hydrogen) atoms. The largest absolute Gasteiger partial charge is 0.347 e. The molecule has 0 unspecified atom stereocenters. The lowest BCUT2D eigenvalue weighted by Crippen LogP contribution is -2.36. The molecule has 8 heteroatoms. The first-order valence-electron chi connectivity index (χ1n) is 9.50. The van der Waals surface area contributed by atoms with Gasteiger partial charge in [-0.15, -0.1) is 5.10 Å². The fourth-order valence-electron chi connectivity index (χ4n) is 3.52. The molecule has 1 heterocycles. The number of nitrogens with zero attached hydrogens (tertiary/aromatic N) is 3. The van der Waals surface area contributed by atoms with Crippen molar-refractivity contribution in [3.8, 4) is 17.1 Å². The van der Waals surface area contributed by atoms with Gasteiger partial charge in [0.15, 0.2) is 5.82 Å². The lowest BCUT2D eigenvalue weighted by Gasteiger charge is -2.21. The van der Waals surface area contributed by atoms with E-state index in [4.69, 9.17) is 34.8 Å². The van der Waals surface area contributed by atoms with Crippen LogP contribution >= 0.6 is 34.8 Å². The number of carbonyl (C=O) groups is 1. The van der Waals surface area contributed by atoms with Gasteiger partial charge in [0.1, 0.15) is 0 Å². The van der Waals surface area contributed by atoms with Crippen LogP contribution in [0.25, 0.3) is 17.1 Å². The van der Waals surface area contributed by atoms with Crippen molar-refractivity contribution >= 4 is 40.7 Å². The topological polar surface area (TPSA) is 59.8 Å². The Morgan fingerprint density at radius 2 is 1.79 bits per heavy atom. The molecule has 3 aromatic rings. The summed E-state index contributed by atoms with van der Waals surface area (Å²) in [7, 11) is 0. The number of aromatic nitrogens is 3. The number of rotatable bonds is 4. The van der Waals surface area contributed by atoms with E-state index in [1.807, 2.05) is 12.1 Å². The number of nitrogens with one attached hydrogen (secondary N) is 1. The molecule has 1 aliphatic carbocycles. The van der Waals surface area contributed by atoms with Crippen molar-refractivity contribution in [1.82, 2.24) is 20.1 Å². The van der Waals surface area contributed by atoms with Crippen molar-refractivity contribution in [2.45, 2.75) is 38.1 Å². The predicted molar refractivity (Wildman–Crippen MR) is 116 cm³/mol. The first-order valence-corrected chi connectivity index (χ1v) is 10.6. The summed E-state index contributed by atoms with van der Waals surface area (Å²) in [6.07, 6.45) is 5.45. The van der Waals surface area contributed by atoms with Crippen LogP contribution in [0.2, 0.25) is 15.1 Å². The normalized spacial score (nSPS) is 14.7. The summed E-state index contributed by atoms with van der Waals surface area (Å²) in [5.74, 6) is 0.329. The maximum Gasteiger partial charge on any atom is 0.291 e.